The van der Waals surface area contributed by atoms with Gasteiger partial charge >= 0.3 is 6.03 Å². The zero-order valence-electron chi connectivity index (χ0n) is 10.3. The van der Waals surface area contributed by atoms with E-state index in [2.05, 4.69) is 5.43 Å². The largest absolute Gasteiger partial charge is 0.350 e. The number of nitrogens with one attached hydrogen (secondary N) is 1. The van der Waals surface area contributed by atoms with Gasteiger partial charge in [-0.2, -0.15) is 9.84 Å². The molecule has 1 aliphatic heterocycles. The molecule has 20 heavy (non-hydrogen) atoms. The van der Waals surface area contributed by atoms with Crippen molar-refractivity contribution in [3.63, 3.8) is 0 Å². The number of carbonyl (C=O) groups excluding carboxylic acids is 1. The van der Waals surface area contributed by atoms with E-state index in [1.165, 1.54) is 4.41 Å². The van der Waals surface area contributed by atoms with E-state index in [1.807, 2.05) is 6.92 Å². The molecule has 1 N–H and O–H groups in total. The minimum Gasteiger partial charge on any atom is -0.275 e. The minimum atomic E-state index is -1.62. The molecule has 1 fully saturated rings. The normalized spacial score (nSPS) is 19.9. The lowest BCUT2D eigenvalue weighted by Gasteiger charge is -2.21. The van der Waals surface area contributed by atoms with Gasteiger partial charge in [-0.25, -0.2) is 4.79 Å². The molecule has 1 heterocycles. The number of carbonyl (C=O) groups is 1. The average Bonchev–Trinajstić information content (AvgIpc) is 2.64. The van der Waals surface area contributed by atoms with E-state index in [-0.39, 0.29) is 12.2 Å². The number of hydrazine groups is 1. The standard InChI is InChI=1S/C11H11Cl4N3OS/c1-2-9-16-18(20-11(13,14)15)10(19)17(9)8-5-3-4-7(12)6-8/h3-6,9,16H,2H2,1H3. The van der Waals surface area contributed by atoms with Gasteiger partial charge in [0, 0.05) is 22.7 Å². The SMILES string of the molecule is CCC1NN(SC(Cl)(Cl)Cl)C(=O)N1c1cccc(Cl)c1. The Morgan fingerprint density at radius 1 is 1.40 bits per heavy atom. The highest BCUT2D eigenvalue weighted by Gasteiger charge is 2.41. The van der Waals surface area contributed by atoms with Crippen LogP contribution in [-0.4, -0.2) is 19.7 Å². The van der Waals surface area contributed by atoms with Crippen molar-refractivity contribution in [2.75, 3.05) is 4.90 Å². The Morgan fingerprint density at radius 3 is 2.65 bits per heavy atom. The summed E-state index contributed by atoms with van der Waals surface area (Å²) in [5.74, 6) is 0. The summed E-state index contributed by atoms with van der Waals surface area (Å²) in [6.07, 6.45) is 0.468. The fraction of sp³-hybridized carbons (Fsp3) is 0.364. The first-order chi connectivity index (χ1) is 9.31. The predicted octanol–water partition coefficient (Wildman–Crippen LogP) is 4.80. The van der Waals surface area contributed by atoms with Gasteiger partial charge in [0.15, 0.2) is 0 Å². The van der Waals surface area contributed by atoms with E-state index in [0.29, 0.717) is 17.1 Å². The second kappa shape index (κ2) is 6.38. The molecular formula is C11H11Cl4N3OS. The first-order valence-electron chi connectivity index (χ1n) is 5.72. The summed E-state index contributed by atoms with van der Waals surface area (Å²) in [6, 6.07) is 6.73. The predicted molar refractivity (Wildman–Crippen MR) is 86.3 cm³/mol. The number of alkyl halides is 3. The van der Waals surface area contributed by atoms with Crippen LogP contribution in [0.2, 0.25) is 5.02 Å². The third kappa shape index (κ3) is 3.78. The zero-order valence-corrected chi connectivity index (χ0v) is 14.2. The van der Waals surface area contributed by atoms with Crippen LogP contribution in [-0.2, 0) is 0 Å². The lowest BCUT2D eigenvalue weighted by molar-refractivity contribution is 0.236. The van der Waals surface area contributed by atoms with Gasteiger partial charge in [0.05, 0.1) is 0 Å². The third-order valence-electron chi connectivity index (χ3n) is 2.63. The highest BCUT2D eigenvalue weighted by Crippen LogP contribution is 2.42. The lowest BCUT2D eigenvalue weighted by atomic mass is 10.2. The van der Waals surface area contributed by atoms with Crippen molar-refractivity contribution in [1.82, 2.24) is 9.84 Å². The fourth-order valence-corrected chi connectivity index (χ4v) is 3.19. The molecular weight excluding hydrogens is 364 g/mol. The number of hydrogen-bond donors (Lipinski definition) is 1. The Balaban J connectivity index is 2.26. The molecule has 1 saturated heterocycles. The highest BCUT2D eigenvalue weighted by atomic mass is 35.6. The molecule has 110 valence electrons. The van der Waals surface area contributed by atoms with Crippen molar-refractivity contribution in [2.24, 2.45) is 0 Å². The van der Waals surface area contributed by atoms with Crippen LogP contribution in [0.3, 0.4) is 0 Å². The maximum atomic E-state index is 12.4. The van der Waals surface area contributed by atoms with Gasteiger partial charge in [0.25, 0.3) is 3.12 Å². The lowest BCUT2D eigenvalue weighted by Crippen LogP contribution is -2.36. The van der Waals surface area contributed by atoms with Crippen LogP contribution in [0.4, 0.5) is 10.5 Å². The molecule has 0 spiro atoms. The number of halogens is 4. The molecule has 9 heteroatoms. The summed E-state index contributed by atoms with van der Waals surface area (Å²) in [7, 11) is 0. The number of hydrogen-bond acceptors (Lipinski definition) is 3. The third-order valence-corrected chi connectivity index (χ3v) is 4.13. The van der Waals surface area contributed by atoms with E-state index < -0.39 is 3.12 Å². The first kappa shape index (κ1) is 16.3. The van der Waals surface area contributed by atoms with Crippen LogP contribution in [0, 0.1) is 0 Å². The van der Waals surface area contributed by atoms with Crippen LogP contribution in [0.5, 0.6) is 0 Å². The maximum absolute atomic E-state index is 12.4. The van der Waals surface area contributed by atoms with Gasteiger partial charge in [-0.05, 0) is 24.6 Å². The maximum Gasteiger partial charge on any atom is 0.350 e. The van der Waals surface area contributed by atoms with Crippen molar-refractivity contribution >= 4 is 70.1 Å². The summed E-state index contributed by atoms with van der Waals surface area (Å²) in [6.45, 7) is 1.95. The van der Waals surface area contributed by atoms with Crippen molar-refractivity contribution in [2.45, 2.75) is 22.6 Å². The molecule has 1 aromatic carbocycles. The van der Waals surface area contributed by atoms with E-state index in [1.54, 1.807) is 29.2 Å². The Hall–Kier alpha value is -0.0400. The van der Waals surface area contributed by atoms with E-state index >= 15 is 0 Å². The molecule has 0 aromatic heterocycles. The summed E-state index contributed by atoms with van der Waals surface area (Å²) in [5, 5.41) is 0.553. The van der Waals surface area contributed by atoms with E-state index in [4.69, 9.17) is 46.4 Å². The van der Waals surface area contributed by atoms with Crippen LogP contribution in [0.25, 0.3) is 0 Å². The van der Waals surface area contributed by atoms with Crippen molar-refractivity contribution in [3.05, 3.63) is 29.3 Å². The zero-order chi connectivity index (χ0) is 14.9. The Labute approximate surface area is 141 Å². The Kier molecular flexibility index (Phi) is 5.21. The van der Waals surface area contributed by atoms with Gasteiger partial charge in [-0.3, -0.25) is 4.90 Å². The average molecular weight is 375 g/mol. The summed E-state index contributed by atoms with van der Waals surface area (Å²) < 4.78 is -0.395. The second-order valence-corrected chi connectivity index (χ2v) is 8.57. The van der Waals surface area contributed by atoms with Crippen molar-refractivity contribution in [3.8, 4) is 0 Å². The van der Waals surface area contributed by atoms with Crippen LogP contribution in [0.15, 0.2) is 24.3 Å². The number of benzene rings is 1. The molecule has 0 bridgehead atoms. The number of nitrogens with zero attached hydrogens (tertiary/aromatic N) is 2. The molecule has 4 nitrogen and oxygen atoms in total. The van der Waals surface area contributed by atoms with Gasteiger partial charge < -0.3 is 0 Å². The molecule has 0 saturated carbocycles. The smallest absolute Gasteiger partial charge is 0.275 e. The Bertz CT molecular complexity index is 511. The second-order valence-electron chi connectivity index (χ2n) is 4.02. The number of amides is 2. The number of rotatable bonds is 3. The quantitative estimate of drug-likeness (QED) is 0.609. The number of urea groups is 1. The van der Waals surface area contributed by atoms with Gasteiger partial charge in [0.1, 0.15) is 6.17 Å². The first-order valence-corrected chi connectivity index (χ1v) is 8.01. The van der Waals surface area contributed by atoms with Gasteiger partial charge in [0.2, 0.25) is 0 Å². The summed E-state index contributed by atoms with van der Waals surface area (Å²) in [4.78, 5) is 14.0. The van der Waals surface area contributed by atoms with Crippen LogP contribution < -0.4 is 10.3 Å². The van der Waals surface area contributed by atoms with Gasteiger partial charge in [-0.1, -0.05) is 59.4 Å². The Morgan fingerprint density at radius 2 is 2.10 bits per heavy atom. The van der Waals surface area contributed by atoms with E-state index in [9.17, 15) is 4.79 Å². The monoisotopic (exact) mass is 373 g/mol. The molecule has 1 unspecified atom stereocenters. The van der Waals surface area contributed by atoms with Gasteiger partial charge in [-0.15, -0.1) is 0 Å². The summed E-state index contributed by atoms with van der Waals surface area (Å²) >= 11 is 23.9. The van der Waals surface area contributed by atoms with E-state index in [0.717, 1.165) is 11.9 Å². The topological polar surface area (TPSA) is 35.6 Å². The molecule has 2 rings (SSSR count). The highest BCUT2D eigenvalue weighted by molar-refractivity contribution is 8.03. The van der Waals surface area contributed by atoms with Crippen molar-refractivity contribution < 1.29 is 4.79 Å². The fourth-order valence-electron chi connectivity index (χ4n) is 1.84. The molecule has 1 aromatic rings. The minimum absolute atomic E-state index is 0.221. The molecule has 0 radical (unpaired) electrons. The molecule has 1 atom stereocenters. The summed E-state index contributed by atoms with van der Waals surface area (Å²) in [5.41, 5.74) is 3.68. The van der Waals surface area contributed by atoms with Crippen molar-refractivity contribution in [1.29, 1.82) is 0 Å². The molecule has 0 aliphatic carbocycles. The van der Waals surface area contributed by atoms with Crippen LogP contribution >= 0.6 is 58.4 Å². The molecule has 1 aliphatic rings. The number of anilines is 1. The van der Waals surface area contributed by atoms with Crippen LogP contribution in [0.1, 0.15) is 13.3 Å². The molecule has 2 amide bonds.